The summed E-state index contributed by atoms with van der Waals surface area (Å²) in [5.41, 5.74) is 0. The Morgan fingerprint density at radius 3 is 2.57 bits per heavy atom. The van der Waals surface area contributed by atoms with E-state index >= 15 is 0 Å². The zero-order valence-electron chi connectivity index (χ0n) is 9.01. The molecule has 1 aliphatic rings. The van der Waals surface area contributed by atoms with E-state index in [0.717, 1.165) is 45.4 Å². The van der Waals surface area contributed by atoms with Gasteiger partial charge in [0.1, 0.15) is 0 Å². The maximum absolute atomic E-state index is 11.6. The number of hydrogen-bond donors (Lipinski definition) is 2. The van der Waals surface area contributed by atoms with Crippen molar-refractivity contribution in [3.05, 3.63) is 0 Å². The second-order valence-electron chi connectivity index (χ2n) is 3.74. The third kappa shape index (κ3) is 3.96. The van der Waals surface area contributed by atoms with Gasteiger partial charge in [-0.2, -0.15) is 0 Å². The lowest BCUT2D eigenvalue weighted by Crippen LogP contribution is -2.43. The van der Waals surface area contributed by atoms with Gasteiger partial charge in [-0.25, -0.2) is 4.79 Å². The first-order chi connectivity index (χ1) is 6.84. The predicted octanol–water partition coefficient (Wildman–Crippen LogP) is 0.791. The number of hydrogen-bond acceptors (Lipinski definition) is 2. The zero-order valence-corrected chi connectivity index (χ0v) is 9.01. The maximum Gasteiger partial charge on any atom is 0.317 e. The van der Waals surface area contributed by atoms with Crippen LogP contribution in [0.5, 0.6) is 0 Å². The van der Waals surface area contributed by atoms with Crippen LogP contribution in [0.2, 0.25) is 0 Å². The molecule has 0 radical (unpaired) electrons. The van der Waals surface area contributed by atoms with Crippen LogP contribution in [0.4, 0.5) is 4.79 Å². The van der Waals surface area contributed by atoms with E-state index in [1.165, 1.54) is 6.42 Å². The van der Waals surface area contributed by atoms with E-state index in [9.17, 15) is 4.79 Å². The number of carbonyl (C=O) groups is 1. The van der Waals surface area contributed by atoms with Gasteiger partial charge in [-0.05, 0) is 39.3 Å². The average Bonchev–Trinajstić information content (AvgIpc) is 2.25. The van der Waals surface area contributed by atoms with Crippen molar-refractivity contribution in [2.24, 2.45) is 0 Å². The first kappa shape index (κ1) is 11.3. The van der Waals surface area contributed by atoms with E-state index in [4.69, 9.17) is 0 Å². The van der Waals surface area contributed by atoms with Crippen LogP contribution in [0.1, 0.15) is 25.7 Å². The van der Waals surface area contributed by atoms with Crippen molar-refractivity contribution in [2.45, 2.75) is 25.7 Å². The molecule has 0 aromatic rings. The molecule has 14 heavy (non-hydrogen) atoms. The Balaban J connectivity index is 2.07. The van der Waals surface area contributed by atoms with Crippen molar-refractivity contribution in [3.63, 3.8) is 0 Å². The van der Waals surface area contributed by atoms with Gasteiger partial charge in [0.15, 0.2) is 0 Å². The van der Waals surface area contributed by atoms with Crippen molar-refractivity contribution in [2.75, 3.05) is 33.2 Å². The standard InChI is InChI=1S/C10H21N3O/c1-11-6-5-7-12-10(14)13-8-3-2-4-9-13/h11H,2-9H2,1H3,(H,12,14). The number of nitrogens with one attached hydrogen (secondary N) is 2. The van der Waals surface area contributed by atoms with Gasteiger partial charge in [-0.3, -0.25) is 0 Å². The Morgan fingerprint density at radius 2 is 1.93 bits per heavy atom. The Bertz CT molecular complexity index is 167. The van der Waals surface area contributed by atoms with E-state index in [2.05, 4.69) is 10.6 Å². The van der Waals surface area contributed by atoms with Crippen LogP contribution < -0.4 is 10.6 Å². The van der Waals surface area contributed by atoms with Gasteiger partial charge < -0.3 is 15.5 Å². The topological polar surface area (TPSA) is 44.4 Å². The Morgan fingerprint density at radius 1 is 1.21 bits per heavy atom. The van der Waals surface area contributed by atoms with Crippen molar-refractivity contribution >= 4 is 6.03 Å². The zero-order chi connectivity index (χ0) is 10.2. The molecule has 4 nitrogen and oxygen atoms in total. The number of carbonyl (C=O) groups excluding carboxylic acids is 1. The highest BCUT2D eigenvalue weighted by Crippen LogP contribution is 2.08. The fraction of sp³-hybridized carbons (Fsp3) is 0.900. The monoisotopic (exact) mass is 199 g/mol. The van der Waals surface area contributed by atoms with Crippen LogP contribution in [0, 0.1) is 0 Å². The third-order valence-corrected chi connectivity index (χ3v) is 2.52. The average molecular weight is 199 g/mol. The minimum Gasteiger partial charge on any atom is -0.338 e. The number of nitrogens with zero attached hydrogens (tertiary/aromatic N) is 1. The van der Waals surface area contributed by atoms with Gasteiger partial charge in [0.25, 0.3) is 0 Å². The summed E-state index contributed by atoms with van der Waals surface area (Å²) in [6.07, 6.45) is 4.58. The smallest absolute Gasteiger partial charge is 0.317 e. The predicted molar refractivity (Wildman–Crippen MR) is 57.4 cm³/mol. The SMILES string of the molecule is CNCCCNC(=O)N1CCCCC1. The van der Waals surface area contributed by atoms with Crippen molar-refractivity contribution in [1.82, 2.24) is 15.5 Å². The number of piperidine rings is 1. The van der Waals surface area contributed by atoms with Crippen LogP contribution in [-0.2, 0) is 0 Å². The van der Waals surface area contributed by atoms with Gasteiger partial charge in [-0.1, -0.05) is 0 Å². The summed E-state index contributed by atoms with van der Waals surface area (Å²) >= 11 is 0. The molecule has 0 aliphatic carbocycles. The van der Waals surface area contributed by atoms with E-state index in [0.29, 0.717) is 0 Å². The molecule has 0 unspecified atom stereocenters. The van der Waals surface area contributed by atoms with Crippen molar-refractivity contribution in [3.8, 4) is 0 Å². The molecule has 1 heterocycles. The molecule has 1 saturated heterocycles. The fourth-order valence-corrected chi connectivity index (χ4v) is 1.67. The highest BCUT2D eigenvalue weighted by atomic mass is 16.2. The summed E-state index contributed by atoms with van der Waals surface area (Å²) in [5.74, 6) is 0. The minimum absolute atomic E-state index is 0.112. The molecular weight excluding hydrogens is 178 g/mol. The van der Waals surface area contributed by atoms with Crippen molar-refractivity contribution in [1.29, 1.82) is 0 Å². The Hall–Kier alpha value is -0.770. The number of urea groups is 1. The molecular formula is C10H21N3O. The second kappa shape index (κ2) is 6.65. The van der Waals surface area contributed by atoms with Gasteiger partial charge in [0.05, 0.1) is 0 Å². The summed E-state index contributed by atoms with van der Waals surface area (Å²) in [7, 11) is 1.92. The number of likely N-dealkylation sites (tertiary alicyclic amines) is 1. The van der Waals surface area contributed by atoms with Gasteiger partial charge in [0.2, 0.25) is 0 Å². The van der Waals surface area contributed by atoms with Crippen LogP contribution in [0.15, 0.2) is 0 Å². The molecule has 1 rings (SSSR count). The molecule has 2 N–H and O–H groups in total. The minimum atomic E-state index is 0.112. The fourth-order valence-electron chi connectivity index (χ4n) is 1.67. The molecule has 0 aromatic heterocycles. The first-order valence-electron chi connectivity index (χ1n) is 5.52. The van der Waals surface area contributed by atoms with E-state index < -0.39 is 0 Å². The maximum atomic E-state index is 11.6. The van der Waals surface area contributed by atoms with Gasteiger partial charge in [0, 0.05) is 19.6 Å². The summed E-state index contributed by atoms with van der Waals surface area (Å²) < 4.78 is 0. The largest absolute Gasteiger partial charge is 0.338 e. The lowest BCUT2D eigenvalue weighted by Gasteiger charge is -2.26. The van der Waals surface area contributed by atoms with Crippen LogP contribution >= 0.6 is 0 Å². The first-order valence-corrected chi connectivity index (χ1v) is 5.52. The number of amides is 2. The summed E-state index contributed by atoms with van der Waals surface area (Å²) in [6.45, 7) is 3.59. The Labute approximate surface area is 86.0 Å². The summed E-state index contributed by atoms with van der Waals surface area (Å²) in [5, 5.41) is 5.99. The van der Waals surface area contributed by atoms with Crippen LogP contribution in [0.25, 0.3) is 0 Å². The lowest BCUT2D eigenvalue weighted by molar-refractivity contribution is 0.186. The van der Waals surface area contributed by atoms with E-state index in [-0.39, 0.29) is 6.03 Å². The second-order valence-corrected chi connectivity index (χ2v) is 3.74. The molecule has 82 valence electrons. The summed E-state index contributed by atoms with van der Waals surface area (Å²) in [6, 6.07) is 0.112. The Kier molecular flexibility index (Phi) is 5.37. The number of rotatable bonds is 4. The van der Waals surface area contributed by atoms with Crippen molar-refractivity contribution < 1.29 is 4.79 Å². The van der Waals surface area contributed by atoms with Crippen LogP contribution in [0.3, 0.4) is 0 Å². The molecule has 4 heteroatoms. The molecule has 2 amide bonds. The lowest BCUT2D eigenvalue weighted by atomic mass is 10.1. The normalized spacial score (nSPS) is 16.8. The third-order valence-electron chi connectivity index (χ3n) is 2.52. The van der Waals surface area contributed by atoms with Crippen LogP contribution in [-0.4, -0.2) is 44.2 Å². The molecule has 0 bridgehead atoms. The van der Waals surface area contributed by atoms with E-state index in [1.54, 1.807) is 0 Å². The molecule has 1 aliphatic heterocycles. The molecule has 1 fully saturated rings. The highest BCUT2D eigenvalue weighted by Gasteiger charge is 2.14. The molecule has 0 atom stereocenters. The molecule has 0 saturated carbocycles. The van der Waals surface area contributed by atoms with Gasteiger partial charge >= 0.3 is 6.03 Å². The summed E-state index contributed by atoms with van der Waals surface area (Å²) in [4.78, 5) is 13.5. The van der Waals surface area contributed by atoms with Gasteiger partial charge in [-0.15, -0.1) is 0 Å². The quantitative estimate of drug-likeness (QED) is 0.658. The highest BCUT2D eigenvalue weighted by molar-refractivity contribution is 5.74. The van der Waals surface area contributed by atoms with E-state index in [1.807, 2.05) is 11.9 Å². The molecule has 0 spiro atoms. The molecule has 0 aromatic carbocycles.